The zero-order valence-corrected chi connectivity index (χ0v) is 5.93. The molecular weight excluding hydrogens is 164 g/mol. The monoisotopic (exact) mass is 170 g/mol. The third-order valence-electron chi connectivity index (χ3n) is 1.21. The summed E-state index contributed by atoms with van der Waals surface area (Å²) in [5, 5.41) is 12.6. The van der Waals surface area contributed by atoms with E-state index in [1.165, 1.54) is 6.20 Å². The number of hydrogen-bond acceptors (Lipinski definition) is 4. The molecule has 0 bridgehead atoms. The molecule has 64 valence electrons. The lowest BCUT2D eigenvalue weighted by atomic mass is 10.4. The maximum atomic E-state index is 10.6. The van der Waals surface area contributed by atoms with Gasteiger partial charge in [0.15, 0.2) is 10.7 Å². The minimum atomic E-state index is -0.858. The summed E-state index contributed by atoms with van der Waals surface area (Å²) in [7, 11) is 0. The Morgan fingerprint density at radius 2 is 2.42 bits per heavy atom. The lowest BCUT2D eigenvalue weighted by Crippen LogP contribution is -2.35. The molecule has 7 nitrogen and oxygen atoms in total. The Hall–Kier alpha value is -2.05. The average molecular weight is 170 g/mol. The molecule has 0 radical (unpaired) electrons. The molecule has 1 rings (SSSR count). The van der Waals surface area contributed by atoms with Crippen LogP contribution >= 0.6 is 0 Å². The smallest absolute Gasteiger partial charge is 0.273 e. The highest BCUT2D eigenvalue weighted by atomic mass is 16.7. The van der Waals surface area contributed by atoms with Crippen molar-refractivity contribution in [1.29, 1.82) is 0 Å². The van der Waals surface area contributed by atoms with Gasteiger partial charge in [-0.05, 0) is 0 Å². The summed E-state index contributed by atoms with van der Waals surface area (Å²) >= 11 is 0. The Kier molecular flexibility index (Phi) is 1.95. The fourth-order valence-electron chi connectivity index (χ4n) is 0.714. The van der Waals surface area contributed by atoms with Crippen LogP contribution in [0.2, 0.25) is 0 Å². The van der Waals surface area contributed by atoms with E-state index in [0.717, 1.165) is 12.4 Å². The van der Waals surface area contributed by atoms with Gasteiger partial charge in [0, 0.05) is 12.4 Å². The number of primary amides is 1. The van der Waals surface area contributed by atoms with E-state index in [1.54, 1.807) is 0 Å². The number of hydrazine groups is 1. The highest BCUT2D eigenvalue weighted by Crippen LogP contribution is 2.06. The number of nitrogens with one attached hydrogen (secondary N) is 1. The van der Waals surface area contributed by atoms with Gasteiger partial charge >= 0.3 is 0 Å². The Labute approximate surface area is 67.2 Å². The molecule has 0 atom stereocenters. The van der Waals surface area contributed by atoms with Crippen LogP contribution in [-0.2, 0) is 4.79 Å². The van der Waals surface area contributed by atoms with Gasteiger partial charge in [0.1, 0.15) is 0 Å². The molecule has 0 saturated carbocycles. The molecule has 0 fully saturated rings. The van der Waals surface area contributed by atoms with E-state index in [0.29, 0.717) is 5.01 Å². The number of amides is 1. The minimum Gasteiger partial charge on any atom is -0.364 e. The fraction of sp³-hybridized carbons (Fsp3) is 0. The van der Waals surface area contributed by atoms with Gasteiger partial charge in [0.25, 0.3) is 5.91 Å². The first-order valence-corrected chi connectivity index (χ1v) is 2.99. The Bertz CT molecular complexity index is 282. The molecule has 1 aliphatic heterocycles. The molecule has 7 heteroatoms. The summed E-state index contributed by atoms with van der Waals surface area (Å²) in [5.41, 5.74) is 4.66. The third-order valence-corrected chi connectivity index (χ3v) is 1.21. The van der Waals surface area contributed by atoms with Crippen molar-refractivity contribution in [2.75, 3.05) is 0 Å². The van der Waals surface area contributed by atoms with Crippen LogP contribution in [0.5, 0.6) is 0 Å². The summed E-state index contributed by atoms with van der Waals surface area (Å²) in [6.07, 6.45) is 3.57. The van der Waals surface area contributed by atoms with Crippen molar-refractivity contribution >= 4 is 5.91 Å². The van der Waals surface area contributed by atoms with Crippen LogP contribution < -0.4 is 11.1 Å². The fourth-order valence-corrected chi connectivity index (χ4v) is 0.714. The van der Waals surface area contributed by atoms with Crippen molar-refractivity contribution in [1.82, 2.24) is 10.3 Å². The first-order chi connectivity index (χ1) is 5.63. The highest BCUT2D eigenvalue weighted by molar-refractivity contribution is 5.91. The first kappa shape index (κ1) is 8.05. The van der Waals surface area contributed by atoms with Gasteiger partial charge in [-0.2, -0.15) is 0 Å². The van der Waals surface area contributed by atoms with Crippen molar-refractivity contribution < 1.29 is 9.83 Å². The number of nitrogens with zero attached hydrogens (tertiary/aromatic N) is 2. The van der Waals surface area contributed by atoms with Crippen molar-refractivity contribution in [3.05, 3.63) is 34.4 Å². The van der Waals surface area contributed by atoms with Crippen molar-refractivity contribution in [2.24, 2.45) is 5.73 Å². The van der Waals surface area contributed by atoms with Gasteiger partial charge in [-0.1, -0.05) is 5.01 Å². The van der Waals surface area contributed by atoms with Crippen LogP contribution in [-0.4, -0.2) is 15.9 Å². The van der Waals surface area contributed by atoms with E-state index in [1.807, 2.05) is 0 Å². The number of nitro groups is 1. The first-order valence-electron chi connectivity index (χ1n) is 2.99. The van der Waals surface area contributed by atoms with E-state index < -0.39 is 10.9 Å². The zero-order valence-electron chi connectivity index (χ0n) is 5.93. The van der Waals surface area contributed by atoms with E-state index in [2.05, 4.69) is 5.32 Å². The number of carbonyl (C=O) groups excluding carboxylic acids is 1. The Morgan fingerprint density at radius 3 is 2.83 bits per heavy atom. The maximum Gasteiger partial charge on any atom is 0.273 e. The van der Waals surface area contributed by atoms with Gasteiger partial charge in [0.05, 0.1) is 6.20 Å². The van der Waals surface area contributed by atoms with Crippen LogP contribution in [0.1, 0.15) is 0 Å². The molecule has 1 heterocycles. The number of hydrogen-bond donors (Lipinski definition) is 2. The van der Waals surface area contributed by atoms with E-state index in [9.17, 15) is 14.9 Å². The van der Waals surface area contributed by atoms with Crippen LogP contribution in [0.25, 0.3) is 0 Å². The number of carbonyl (C=O) groups is 1. The predicted octanol–water partition coefficient (Wildman–Crippen LogP) is -1.12. The second kappa shape index (κ2) is 2.91. The summed E-state index contributed by atoms with van der Waals surface area (Å²) in [6.45, 7) is 0. The van der Waals surface area contributed by atoms with E-state index in [4.69, 9.17) is 5.73 Å². The molecule has 0 aromatic rings. The van der Waals surface area contributed by atoms with Crippen LogP contribution in [0, 0.1) is 10.1 Å². The van der Waals surface area contributed by atoms with Crippen LogP contribution in [0.15, 0.2) is 24.3 Å². The summed E-state index contributed by atoms with van der Waals surface area (Å²) in [5.74, 6) is -0.858. The number of nitrogens with two attached hydrogens (primary N) is 1. The third kappa shape index (κ3) is 1.34. The Balaban J connectivity index is 2.90. The molecule has 3 N–H and O–H groups in total. The van der Waals surface area contributed by atoms with Gasteiger partial charge in [-0.15, -0.1) is 0 Å². The predicted molar refractivity (Wildman–Crippen MR) is 38.4 cm³/mol. The van der Waals surface area contributed by atoms with Crippen molar-refractivity contribution in [3.63, 3.8) is 0 Å². The molecule has 1 amide bonds. The molecule has 0 aromatic carbocycles. The molecular formula is C5H6N4O3. The SMILES string of the molecule is NC(=O)C1=CNC=CN1[N+](=O)[O-]. The largest absolute Gasteiger partial charge is 0.364 e. The van der Waals surface area contributed by atoms with Gasteiger partial charge in [-0.3, -0.25) is 4.79 Å². The van der Waals surface area contributed by atoms with Gasteiger partial charge in [0.2, 0.25) is 0 Å². The van der Waals surface area contributed by atoms with Gasteiger partial charge in [-0.25, -0.2) is 10.1 Å². The molecule has 0 aliphatic carbocycles. The molecule has 12 heavy (non-hydrogen) atoms. The summed E-state index contributed by atoms with van der Waals surface area (Å²) in [6, 6.07) is 0. The molecule has 0 saturated heterocycles. The minimum absolute atomic E-state index is 0.206. The van der Waals surface area contributed by atoms with E-state index in [-0.39, 0.29) is 5.70 Å². The maximum absolute atomic E-state index is 10.6. The second-order valence-electron chi connectivity index (χ2n) is 1.96. The van der Waals surface area contributed by atoms with Crippen molar-refractivity contribution in [2.45, 2.75) is 0 Å². The lowest BCUT2D eigenvalue weighted by Gasteiger charge is -2.13. The summed E-state index contributed by atoms with van der Waals surface area (Å²) in [4.78, 5) is 20.9. The highest BCUT2D eigenvalue weighted by Gasteiger charge is 2.23. The summed E-state index contributed by atoms with van der Waals surface area (Å²) < 4.78 is 0. The zero-order chi connectivity index (χ0) is 9.14. The topological polar surface area (TPSA) is 102 Å². The standard InChI is InChI=1S/C5H6N4O3/c6-5(10)4-3-7-1-2-8(4)9(11)12/h1-3,7H,(H2,6,10). The normalized spacial score (nSPS) is 15.0. The molecule has 0 aromatic heterocycles. The second-order valence-corrected chi connectivity index (χ2v) is 1.96. The molecule has 0 unspecified atom stereocenters. The number of rotatable bonds is 2. The van der Waals surface area contributed by atoms with Crippen LogP contribution in [0.3, 0.4) is 0 Å². The lowest BCUT2D eigenvalue weighted by molar-refractivity contribution is -0.627. The van der Waals surface area contributed by atoms with Crippen LogP contribution in [0.4, 0.5) is 0 Å². The van der Waals surface area contributed by atoms with E-state index >= 15 is 0 Å². The quantitative estimate of drug-likeness (QED) is 0.403. The average Bonchev–Trinajstić information content (AvgIpc) is 2.04. The van der Waals surface area contributed by atoms with Crippen molar-refractivity contribution in [3.8, 4) is 0 Å². The Morgan fingerprint density at radius 1 is 1.75 bits per heavy atom. The van der Waals surface area contributed by atoms with Gasteiger partial charge < -0.3 is 11.1 Å². The molecule has 0 spiro atoms. The molecule has 1 aliphatic rings.